The van der Waals surface area contributed by atoms with E-state index in [1.807, 2.05) is 24.3 Å². The van der Waals surface area contributed by atoms with Crippen LogP contribution in [0.4, 0.5) is 5.69 Å². The van der Waals surface area contributed by atoms with Crippen molar-refractivity contribution in [3.8, 4) is 0 Å². The van der Waals surface area contributed by atoms with Gasteiger partial charge in [-0.05, 0) is 43.7 Å². The molecule has 1 unspecified atom stereocenters. The van der Waals surface area contributed by atoms with E-state index in [9.17, 15) is 9.59 Å². The summed E-state index contributed by atoms with van der Waals surface area (Å²) in [5.41, 5.74) is 1.40. The Hall–Kier alpha value is -1.80. The number of thioether (sulfide) groups is 1. The summed E-state index contributed by atoms with van der Waals surface area (Å²) >= 11 is 15.1. The molecule has 1 atom stereocenters. The van der Waals surface area contributed by atoms with Crippen LogP contribution < -0.4 is 5.32 Å². The molecule has 0 spiro atoms. The highest BCUT2D eigenvalue weighted by atomic mass is 35.5. The summed E-state index contributed by atoms with van der Waals surface area (Å²) in [5.74, 6) is -0.123. The van der Waals surface area contributed by atoms with Crippen LogP contribution in [-0.2, 0) is 14.3 Å². The highest BCUT2D eigenvalue weighted by Gasteiger charge is 2.18. The SMILES string of the molecule is CC(OC(=O)CCCSc1nc2ccccc2s1)C(=O)Nc1ccc(Cl)cc1Cl. The van der Waals surface area contributed by atoms with Crippen molar-refractivity contribution < 1.29 is 14.3 Å². The fourth-order valence-electron chi connectivity index (χ4n) is 2.42. The van der Waals surface area contributed by atoms with Crippen LogP contribution in [0.1, 0.15) is 19.8 Å². The Kier molecular flexibility index (Phi) is 7.77. The fraction of sp³-hybridized carbons (Fsp3) is 0.250. The van der Waals surface area contributed by atoms with Crippen molar-refractivity contribution in [1.82, 2.24) is 4.98 Å². The number of hydrogen-bond acceptors (Lipinski definition) is 6. The predicted octanol–water partition coefficient (Wildman–Crippen LogP) is 6.05. The number of fused-ring (bicyclic) bond motifs is 1. The first-order chi connectivity index (χ1) is 13.9. The van der Waals surface area contributed by atoms with Gasteiger partial charge in [-0.2, -0.15) is 0 Å². The van der Waals surface area contributed by atoms with E-state index in [4.69, 9.17) is 27.9 Å². The first kappa shape index (κ1) is 21.9. The van der Waals surface area contributed by atoms with Crippen molar-refractivity contribution in [1.29, 1.82) is 0 Å². The number of amides is 1. The molecule has 3 aromatic rings. The van der Waals surface area contributed by atoms with Gasteiger partial charge in [0.05, 0.1) is 20.9 Å². The maximum Gasteiger partial charge on any atom is 0.306 e. The molecular formula is C20H18Cl2N2O3S2. The standard InChI is InChI=1S/C20H18Cl2N2O3S2/c1-12(19(26)23-15-9-8-13(21)11-14(15)22)27-18(25)7-4-10-28-20-24-16-5-2-3-6-17(16)29-20/h2-3,5-6,8-9,11-12H,4,7,10H2,1H3,(H,23,26). The Morgan fingerprint density at radius 1 is 1.24 bits per heavy atom. The molecule has 2 aromatic carbocycles. The Balaban J connectivity index is 1.39. The quantitative estimate of drug-likeness (QED) is 0.247. The van der Waals surface area contributed by atoms with E-state index in [1.165, 1.54) is 13.0 Å². The van der Waals surface area contributed by atoms with Crippen molar-refractivity contribution in [3.63, 3.8) is 0 Å². The molecule has 0 radical (unpaired) electrons. The van der Waals surface area contributed by atoms with Crippen LogP contribution in [0.2, 0.25) is 10.0 Å². The van der Waals surface area contributed by atoms with Gasteiger partial charge in [0.2, 0.25) is 0 Å². The Morgan fingerprint density at radius 3 is 2.79 bits per heavy atom. The molecule has 0 aliphatic rings. The maximum atomic E-state index is 12.2. The number of carbonyl (C=O) groups excluding carboxylic acids is 2. The Morgan fingerprint density at radius 2 is 2.03 bits per heavy atom. The predicted molar refractivity (Wildman–Crippen MR) is 120 cm³/mol. The molecule has 0 saturated heterocycles. The first-order valence-corrected chi connectivity index (χ1v) is 11.4. The normalized spacial score (nSPS) is 12.0. The molecule has 0 aliphatic heterocycles. The molecule has 1 amide bonds. The minimum absolute atomic E-state index is 0.233. The number of carbonyl (C=O) groups is 2. The molecule has 9 heteroatoms. The largest absolute Gasteiger partial charge is 0.453 e. The van der Waals surface area contributed by atoms with Crippen molar-refractivity contribution in [2.24, 2.45) is 0 Å². The number of rotatable bonds is 8. The summed E-state index contributed by atoms with van der Waals surface area (Å²) in [5, 5.41) is 3.41. The van der Waals surface area contributed by atoms with E-state index in [0.29, 0.717) is 22.2 Å². The molecule has 0 bridgehead atoms. The number of thiazole rings is 1. The summed E-state index contributed by atoms with van der Waals surface area (Å²) < 4.78 is 7.33. The monoisotopic (exact) mass is 468 g/mol. The van der Waals surface area contributed by atoms with E-state index in [2.05, 4.69) is 10.3 Å². The number of halogens is 2. The lowest BCUT2D eigenvalue weighted by molar-refractivity contribution is -0.153. The maximum absolute atomic E-state index is 12.2. The molecule has 0 saturated carbocycles. The van der Waals surface area contributed by atoms with E-state index in [-0.39, 0.29) is 6.42 Å². The molecule has 3 rings (SSSR count). The van der Waals surface area contributed by atoms with Crippen LogP contribution in [-0.4, -0.2) is 28.7 Å². The van der Waals surface area contributed by atoms with Gasteiger partial charge >= 0.3 is 5.97 Å². The van der Waals surface area contributed by atoms with Gasteiger partial charge in [-0.3, -0.25) is 9.59 Å². The molecule has 1 N–H and O–H groups in total. The zero-order valence-electron chi connectivity index (χ0n) is 15.5. The van der Waals surface area contributed by atoms with Gasteiger partial charge in [0.25, 0.3) is 5.91 Å². The number of hydrogen-bond donors (Lipinski definition) is 1. The van der Waals surface area contributed by atoms with Gasteiger partial charge in [0, 0.05) is 17.2 Å². The second-order valence-corrected chi connectivity index (χ2v) is 9.36. The first-order valence-electron chi connectivity index (χ1n) is 8.86. The van der Waals surface area contributed by atoms with E-state index >= 15 is 0 Å². The summed E-state index contributed by atoms with van der Waals surface area (Å²) in [6, 6.07) is 12.7. The number of anilines is 1. The fourth-order valence-corrected chi connectivity index (χ4v) is 4.96. The topological polar surface area (TPSA) is 68.3 Å². The average Bonchev–Trinajstić information content (AvgIpc) is 3.10. The summed E-state index contributed by atoms with van der Waals surface area (Å²) in [7, 11) is 0. The molecule has 1 aromatic heterocycles. The van der Waals surface area contributed by atoms with E-state index in [0.717, 1.165) is 20.3 Å². The third-order valence-corrected chi connectivity index (χ3v) is 6.70. The minimum Gasteiger partial charge on any atom is -0.453 e. The molecule has 152 valence electrons. The zero-order chi connectivity index (χ0) is 20.8. The van der Waals surface area contributed by atoms with Gasteiger partial charge in [0.15, 0.2) is 10.4 Å². The zero-order valence-corrected chi connectivity index (χ0v) is 18.6. The lowest BCUT2D eigenvalue weighted by atomic mass is 10.3. The van der Waals surface area contributed by atoms with Crippen LogP contribution in [0.3, 0.4) is 0 Å². The molecule has 0 aliphatic carbocycles. The van der Waals surface area contributed by atoms with Gasteiger partial charge in [0.1, 0.15) is 0 Å². The minimum atomic E-state index is -0.925. The molecule has 0 fully saturated rings. The summed E-state index contributed by atoms with van der Waals surface area (Å²) in [6.07, 6.45) is -0.0558. The van der Waals surface area contributed by atoms with Crippen molar-refractivity contribution in [2.75, 3.05) is 11.1 Å². The van der Waals surface area contributed by atoms with E-state index in [1.54, 1.807) is 35.2 Å². The molecule has 29 heavy (non-hydrogen) atoms. The molecule has 1 heterocycles. The Bertz CT molecular complexity index is 993. The lowest BCUT2D eigenvalue weighted by Crippen LogP contribution is -2.30. The molecular weight excluding hydrogens is 451 g/mol. The van der Waals surface area contributed by atoms with Crippen LogP contribution in [0.25, 0.3) is 10.2 Å². The van der Waals surface area contributed by atoms with Crippen molar-refractivity contribution in [3.05, 3.63) is 52.5 Å². The second-order valence-electron chi connectivity index (χ2n) is 6.15. The summed E-state index contributed by atoms with van der Waals surface area (Å²) in [6.45, 7) is 1.52. The van der Waals surface area contributed by atoms with Gasteiger partial charge in [-0.15, -0.1) is 11.3 Å². The highest BCUT2D eigenvalue weighted by molar-refractivity contribution is 8.01. The number of aromatic nitrogens is 1. The van der Waals surface area contributed by atoms with Gasteiger partial charge in [-0.25, -0.2) is 4.98 Å². The van der Waals surface area contributed by atoms with Crippen LogP contribution in [0.5, 0.6) is 0 Å². The third kappa shape index (κ3) is 6.34. The number of para-hydroxylation sites is 1. The number of nitrogens with zero attached hydrogens (tertiary/aromatic N) is 1. The Labute approximate surface area is 186 Å². The summed E-state index contributed by atoms with van der Waals surface area (Å²) in [4.78, 5) is 28.7. The number of esters is 1. The van der Waals surface area contributed by atoms with Crippen LogP contribution in [0, 0.1) is 0 Å². The van der Waals surface area contributed by atoms with Crippen LogP contribution in [0.15, 0.2) is 46.8 Å². The third-order valence-electron chi connectivity index (χ3n) is 3.89. The molecule has 5 nitrogen and oxygen atoms in total. The van der Waals surface area contributed by atoms with Gasteiger partial charge in [-0.1, -0.05) is 47.1 Å². The average molecular weight is 469 g/mol. The van der Waals surface area contributed by atoms with Crippen molar-refractivity contribution in [2.45, 2.75) is 30.2 Å². The number of ether oxygens (including phenoxy) is 1. The highest BCUT2D eigenvalue weighted by Crippen LogP contribution is 2.30. The number of benzene rings is 2. The number of nitrogens with one attached hydrogen (secondary N) is 1. The second kappa shape index (κ2) is 10.3. The van der Waals surface area contributed by atoms with Gasteiger partial charge < -0.3 is 10.1 Å². The smallest absolute Gasteiger partial charge is 0.306 e. The van der Waals surface area contributed by atoms with Crippen molar-refractivity contribution >= 4 is 74.1 Å². The van der Waals surface area contributed by atoms with Crippen LogP contribution >= 0.6 is 46.3 Å². The lowest BCUT2D eigenvalue weighted by Gasteiger charge is -2.14. The van der Waals surface area contributed by atoms with E-state index < -0.39 is 18.0 Å².